The minimum absolute atomic E-state index is 0.628. The Morgan fingerprint density at radius 1 is 1.47 bits per heavy atom. The number of halogens is 1. The molecule has 1 aromatic heterocycles. The van der Waals surface area contributed by atoms with Crippen LogP contribution in [0.15, 0.2) is 22.7 Å². The number of anilines is 1. The first kappa shape index (κ1) is 14.0. The molecule has 0 saturated heterocycles. The Kier molecular flexibility index (Phi) is 4.56. The SMILES string of the molecule is CCCc1nc(N)sc1Cc1ccc(C#N)cc1Br. The number of aryl methyl sites for hydroxylation is 1. The van der Waals surface area contributed by atoms with Crippen molar-refractivity contribution in [1.82, 2.24) is 4.98 Å². The predicted octanol–water partition coefficient (Wildman–Crippen LogP) is 3.90. The van der Waals surface area contributed by atoms with Crippen molar-refractivity contribution in [3.8, 4) is 6.07 Å². The lowest BCUT2D eigenvalue weighted by Gasteiger charge is -2.05. The highest BCUT2D eigenvalue weighted by Crippen LogP contribution is 2.28. The van der Waals surface area contributed by atoms with Gasteiger partial charge in [-0.25, -0.2) is 4.98 Å². The summed E-state index contributed by atoms with van der Waals surface area (Å²) in [5.74, 6) is 0. The van der Waals surface area contributed by atoms with Gasteiger partial charge in [0.05, 0.1) is 17.3 Å². The van der Waals surface area contributed by atoms with E-state index in [-0.39, 0.29) is 0 Å². The summed E-state index contributed by atoms with van der Waals surface area (Å²) in [6, 6.07) is 7.80. The van der Waals surface area contributed by atoms with Gasteiger partial charge in [-0.1, -0.05) is 35.3 Å². The lowest BCUT2D eigenvalue weighted by atomic mass is 10.1. The smallest absolute Gasteiger partial charge is 0.180 e. The van der Waals surface area contributed by atoms with Crippen LogP contribution in [0.2, 0.25) is 0 Å². The monoisotopic (exact) mass is 335 g/mol. The Bertz CT molecular complexity index is 628. The second kappa shape index (κ2) is 6.18. The molecular weight excluding hydrogens is 322 g/mol. The highest BCUT2D eigenvalue weighted by molar-refractivity contribution is 9.10. The van der Waals surface area contributed by atoms with Crippen LogP contribution in [0.25, 0.3) is 0 Å². The number of nitrogens with zero attached hydrogens (tertiary/aromatic N) is 2. The van der Waals surface area contributed by atoms with E-state index >= 15 is 0 Å². The summed E-state index contributed by atoms with van der Waals surface area (Å²) in [7, 11) is 0. The van der Waals surface area contributed by atoms with Crippen LogP contribution in [0.5, 0.6) is 0 Å². The van der Waals surface area contributed by atoms with E-state index in [4.69, 9.17) is 11.0 Å². The molecule has 0 aliphatic heterocycles. The minimum atomic E-state index is 0.628. The van der Waals surface area contributed by atoms with Crippen molar-refractivity contribution in [2.75, 3.05) is 5.73 Å². The molecule has 1 aromatic carbocycles. The highest BCUT2D eigenvalue weighted by Gasteiger charge is 2.11. The maximum absolute atomic E-state index is 8.86. The minimum Gasteiger partial charge on any atom is -0.375 e. The Labute approximate surface area is 125 Å². The molecule has 1 heterocycles. The molecular formula is C14H14BrN3S. The third kappa shape index (κ3) is 3.34. The largest absolute Gasteiger partial charge is 0.375 e. The van der Waals surface area contributed by atoms with E-state index in [1.165, 1.54) is 4.88 Å². The summed E-state index contributed by atoms with van der Waals surface area (Å²) in [4.78, 5) is 5.60. The van der Waals surface area contributed by atoms with Gasteiger partial charge in [0.15, 0.2) is 5.13 Å². The molecule has 0 saturated carbocycles. The van der Waals surface area contributed by atoms with Gasteiger partial charge >= 0.3 is 0 Å². The summed E-state index contributed by atoms with van der Waals surface area (Å²) in [5.41, 5.74) is 8.71. The molecule has 0 amide bonds. The molecule has 5 heteroatoms. The molecule has 2 N–H and O–H groups in total. The van der Waals surface area contributed by atoms with Gasteiger partial charge in [0.25, 0.3) is 0 Å². The zero-order chi connectivity index (χ0) is 13.8. The zero-order valence-electron chi connectivity index (χ0n) is 10.6. The van der Waals surface area contributed by atoms with Gasteiger partial charge in [-0.3, -0.25) is 0 Å². The topological polar surface area (TPSA) is 62.7 Å². The maximum Gasteiger partial charge on any atom is 0.180 e. The van der Waals surface area contributed by atoms with Crippen molar-refractivity contribution < 1.29 is 0 Å². The lowest BCUT2D eigenvalue weighted by molar-refractivity contribution is 0.879. The molecule has 2 rings (SSSR count). The van der Waals surface area contributed by atoms with Gasteiger partial charge in [0.2, 0.25) is 0 Å². The summed E-state index contributed by atoms with van der Waals surface area (Å²) >= 11 is 5.07. The number of nitrogen functional groups attached to an aromatic ring is 1. The van der Waals surface area contributed by atoms with Crippen molar-refractivity contribution in [2.24, 2.45) is 0 Å². The van der Waals surface area contributed by atoms with Crippen molar-refractivity contribution in [2.45, 2.75) is 26.2 Å². The maximum atomic E-state index is 8.86. The molecule has 0 spiro atoms. The van der Waals surface area contributed by atoms with E-state index in [9.17, 15) is 0 Å². The van der Waals surface area contributed by atoms with Gasteiger partial charge in [-0.05, 0) is 24.1 Å². The van der Waals surface area contributed by atoms with Crippen molar-refractivity contribution in [1.29, 1.82) is 5.26 Å². The molecule has 19 heavy (non-hydrogen) atoms. The number of hydrogen-bond donors (Lipinski definition) is 1. The van der Waals surface area contributed by atoms with E-state index in [0.29, 0.717) is 10.7 Å². The number of aromatic nitrogens is 1. The summed E-state index contributed by atoms with van der Waals surface area (Å²) < 4.78 is 0.959. The van der Waals surface area contributed by atoms with Crippen LogP contribution in [-0.4, -0.2) is 4.98 Å². The van der Waals surface area contributed by atoms with Crippen LogP contribution < -0.4 is 5.73 Å². The lowest BCUT2D eigenvalue weighted by Crippen LogP contribution is -1.94. The van der Waals surface area contributed by atoms with E-state index in [1.54, 1.807) is 11.3 Å². The fourth-order valence-electron chi connectivity index (χ4n) is 1.91. The first-order chi connectivity index (χ1) is 9.13. The predicted molar refractivity (Wildman–Crippen MR) is 82.2 cm³/mol. The number of nitrogens with two attached hydrogens (primary N) is 1. The summed E-state index contributed by atoms with van der Waals surface area (Å²) in [5, 5.41) is 9.49. The average molecular weight is 336 g/mol. The zero-order valence-corrected chi connectivity index (χ0v) is 13.0. The van der Waals surface area contributed by atoms with Crippen LogP contribution in [-0.2, 0) is 12.8 Å². The number of nitriles is 1. The van der Waals surface area contributed by atoms with Crippen LogP contribution in [0, 0.1) is 11.3 Å². The van der Waals surface area contributed by atoms with Crippen LogP contribution in [0.4, 0.5) is 5.13 Å². The van der Waals surface area contributed by atoms with Crippen molar-refractivity contribution >= 4 is 32.4 Å². The normalized spacial score (nSPS) is 10.4. The van der Waals surface area contributed by atoms with Gasteiger partial charge in [-0.2, -0.15) is 5.26 Å². The molecule has 0 unspecified atom stereocenters. The van der Waals surface area contributed by atoms with E-state index in [0.717, 1.165) is 35.0 Å². The average Bonchev–Trinajstić information content (AvgIpc) is 2.72. The van der Waals surface area contributed by atoms with E-state index in [1.807, 2.05) is 18.2 Å². The summed E-state index contributed by atoms with van der Waals surface area (Å²) in [6.45, 7) is 2.14. The van der Waals surface area contributed by atoms with Gasteiger partial charge in [0.1, 0.15) is 0 Å². The third-order valence-corrected chi connectivity index (χ3v) is 4.48. The molecule has 0 radical (unpaired) electrons. The van der Waals surface area contributed by atoms with Gasteiger partial charge in [0, 0.05) is 15.8 Å². The molecule has 2 aromatic rings. The molecule has 98 valence electrons. The molecule has 0 aliphatic rings. The molecule has 0 aliphatic carbocycles. The number of thiazole rings is 1. The molecule has 0 bridgehead atoms. The molecule has 3 nitrogen and oxygen atoms in total. The first-order valence-corrected chi connectivity index (χ1v) is 7.67. The van der Waals surface area contributed by atoms with Gasteiger partial charge < -0.3 is 5.73 Å². The number of hydrogen-bond acceptors (Lipinski definition) is 4. The van der Waals surface area contributed by atoms with E-state index < -0.39 is 0 Å². The molecule has 0 atom stereocenters. The fourth-order valence-corrected chi connectivity index (χ4v) is 3.33. The first-order valence-electron chi connectivity index (χ1n) is 6.06. The second-order valence-electron chi connectivity index (χ2n) is 4.27. The Morgan fingerprint density at radius 2 is 2.26 bits per heavy atom. The Morgan fingerprint density at radius 3 is 2.89 bits per heavy atom. The fraction of sp³-hybridized carbons (Fsp3) is 0.286. The van der Waals surface area contributed by atoms with Crippen molar-refractivity contribution in [3.63, 3.8) is 0 Å². The van der Waals surface area contributed by atoms with Crippen LogP contribution in [0.1, 0.15) is 35.0 Å². The standard InChI is InChI=1S/C14H14BrN3S/c1-2-3-12-13(19-14(17)18-12)7-10-5-4-9(8-16)6-11(10)15/h4-6H,2-3,7H2,1H3,(H2,17,18). The van der Waals surface area contributed by atoms with E-state index in [2.05, 4.69) is 33.9 Å². The summed E-state index contributed by atoms with van der Waals surface area (Å²) in [6.07, 6.45) is 2.82. The number of rotatable bonds is 4. The Balaban J connectivity index is 2.28. The van der Waals surface area contributed by atoms with Gasteiger partial charge in [-0.15, -0.1) is 11.3 Å². The third-order valence-electron chi connectivity index (χ3n) is 2.81. The highest BCUT2D eigenvalue weighted by atomic mass is 79.9. The van der Waals surface area contributed by atoms with Crippen LogP contribution in [0.3, 0.4) is 0 Å². The van der Waals surface area contributed by atoms with Crippen molar-refractivity contribution in [3.05, 3.63) is 44.4 Å². The second-order valence-corrected chi connectivity index (χ2v) is 6.24. The Hall–Kier alpha value is -1.38. The molecule has 0 fully saturated rings. The number of benzene rings is 1. The quantitative estimate of drug-likeness (QED) is 0.921. The van der Waals surface area contributed by atoms with Crippen LogP contribution >= 0.6 is 27.3 Å².